The molecule has 1 atom stereocenters. The molecule has 8 nitrogen and oxygen atoms in total. The monoisotopic (exact) mass is 488 g/mol. The summed E-state index contributed by atoms with van der Waals surface area (Å²) in [5, 5.41) is 12.4. The van der Waals surface area contributed by atoms with Gasteiger partial charge in [0, 0.05) is 17.6 Å². The highest BCUT2D eigenvalue weighted by molar-refractivity contribution is 7.99. The van der Waals surface area contributed by atoms with Crippen molar-refractivity contribution in [2.24, 2.45) is 0 Å². The molecule has 3 aromatic rings. The van der Waals surface area contributed by atoms with Crippen molar-refractivity contribution >= 4 is 35.0 Å². The van der Waals surface area contributed by atoms with Gasteiger partial charge < -0.3 is 19.5 Å². The summed E-state index contributed by atoms with van der Waals surface area (Å²) in [6, 6.07) is 12.4. The van der Waals surface area contributed by atoms with Crippen molar-refractivity contribution in [2.75, 3.05) is 25.3 Å². The highest BCUT2D eigenvalue weighted by Crippen LogP contribution is 2.29. The van der Waals surface area contributed by atoms with Crippen LogP contribution in [-0.2, 0) is 11.3 Å². The lowest BCUT2D eigenvalue weighted by Gasteiger charge is -2.16. The lowest BCUT2D eigenvalue weighted by molar-refractivity contribution is -0.113. The van der Waals surface area contributed by atoms with E-state index in [2.05, 4.69) is 22.1 Å². The van der Waals surface area contributed by atoms with Gasteiger partial charge in [-0.25, -0.2) is 0 Å². The standard InChI is InChI=1S/C23H25ClN4O4S/c1-5-11-28-22(15(2)32-18-8-6-7-17(13-18)30-3)26-27-23(28)33-14-21(29)25-19-12-16(24)9-10-20(19)31-4/h5-10,12-13,15H,1,11,14H2,2-4H3,(H,25,29). The maximum atomic E-state index is 12.5. The summed E-state index contributed by atoms with van der Waals surface area (Å²) < 4.78 is 18.4. The number of nitrogens with one attached hydrogen (secondary N) is 1. The summed E-state index contributed by atoms with van der Waals surface area (Å²) in [4.78, 5) is 12.5. The van der Waals surface area contributed by atoms with Gasteiger partial charge in [0.2, 0.25) is 5.91 Å². The number of allylic oxidation sites excluding steroid dienone is 1. The fourth-order valence-electron chi connectivity index (χ4n) is 3.03. The van der Waals surface area contributed by atoms with Gasteiger partial charge in [0.1, 0.15) is 17.2 Å². The molecule has 0 saturated carbocycles. The topological polar surface area (TPSA) is 87.5 Å². The molecule has 1 unspecified atom stereocenters. The first kappa shape index (κ1) is 24.5. The minimum Gasteiger partial charge on any atom is -0.497 e. The van der Waals surface area contributed by atoms with Crippen LogP contribution >= 0.6 is 23.4 Å². The third kappa shape index (κ3) is 6.43. The lowest BCUT2D eigenvalue weighted by Crippen LogP contribution is -2.16. The number of carbonyl (C=O) groups is 1. The Bertz CT molecular complexity index is 1120. The van der Waals surface area contributed by atoms with Crippen LogP contribution in [0.25, 0.3) is 0 Å². The Kier molecular flexibility index (Phi) is 8.62. The molecule has 1 amide bonds. The molecule has 10 heteroatoms. The van der Waals surface area contributed by atoms with Crippen molar-refractivity contribution in [3.63, 3.8) is 0 Å². The van der Waals surface area contributed by atoms with E-state index in [-0.39, 0.29) is 17.8 Å². The minimum absolute atomic E-state index is 0.121. The second kappa shape index (κ2) is 11.6. The number of aromatic nitrogens is 3. The van der Waals surface area contributed by atoms with Crippen LogP contribution in [0.2, 0.25) is 5.02 Å². The summed E-state index contributed by atoms with van der Waals surface area (Å²) in [6.45, 7) is 6.17. The molecule has 3 rings (SSSR count). The van der Waals surface area contributed by atoms with Crippen LogP contribution in [0.3, 0.4) is 0 Å². The molecule has 0 aliphatic carbocycles. The summed E-state index contributed by atoms with van der Waals surface area (Å²) in [5.41, 5.74) is 0.504. The van der Waals surface area contributed by atoms with E-state index in [1.54, 1.807) is 37.5 Å². The van der Waals surface area contributed by atoms with E-state index in [1.807, 2.05) is 29.7 Å². The summed E-state index contributed by atoms with van der Waals surface area (Å²) in [5.74, 6) is 2.40. The van der Waals surface area contributed by atoms with Gasteiger partial charge in [0.05, 0.1) is 25.7 Å². The van der Waals surface area contributed by atoms with Gasteiger partial charge in [0.15, 0.2) is 17.1 Å². The van der Waals surface area contributed by atoms with Crippen LogP contribution in [-0.4, -0.2) is 40.6 Å². The average Bonchev–Trinajstić information content (AvgIpc) is 3.21. The van der Waals surface area contributed by atoms with E-state index in [1.165, 1.54) is 18.9 Å². The molecule has 1 aromatic heterocycles. The van der Waals surface area contributed by atoms with Crippen molar-refractivity contribution in [2.45, 2.75) is 24.7 Å². The molecule has 33 heavy (non-hydrogen) atoms. The molecule has 0 aliphatic rings. The van der Waals surface area contributed by atoms with Crippen molar-refractivity contribution in [3.05, 3.63) is 66.0 Å². The Morgan fingerprint density at radius 3 is 2.73 bits per heavy atom. The summed E-state index contributed by atoms with van der Waals surface area (Å²) >= 11 is 7.29. The first-order chi connectivity index (χ1) is 15.9. The molecule has 174 valence electrons. The number of nitrogens with zero attached hydrogens (tertiary/aromatic N) is 3. The zero-order chi connectivity index (χ0) is 23.8. The maximum absolute atomic E-state index is 12.5. The number of carbonyl (C=O) groups excluding carboxylic acids is 1. The average molecular weight is 489 g/mol. The van der Waals surface area contributed by atoms with Crippen LogP contribution < -0.4 is 19.5 Å². The number of amides is 1. The van der Waals surface area contributed by atoms with E-state index < -0.39 is 0 Å². The first-order valence-corrected chi connectivity index (χ1v) is 11.4. The molecule has 0 spiro atoms. The molecule has 0 aliphatic heterocycles. The summed E-state index contributed by atoms with van der Waals surface area (Å²) in [6.07, 6.45) is 1.36. The molecular formula is C23H25ClN4O4S. The van der Waals surface area contributed by atoms with E-state index in [4.69, 9.17) is 25.8 Å². The van der Waals surface area contributed by atoms with Crippen molar-refractivity contribution in [3.8, 4) is 17.2 Å². The second-order valence-electron chi connectivity index (χ2n) is 6.86. The minimum atomic E-state index is -0.386. The van der Waals surface area contributed by atoms with Crippen LogP contribution in [0.5, 0.6) is 17.2 Å². The zero-order valence-corrected chi connectivity index (χ0v) is 20.2. The van der Waals surface area contributed by atoms with Crippen LogP contribution in [0, 0.1) is 0 Å². The number of methoxy groups -OCH3 is 2. The van der Waals surface area contributed by atoms with Crippen LogP contribution in [0.1, 0.15) is 18.9 Å². The lowest BCUT2D eigenvalue weighted by atomic mass is 10.3. The van der Waals surface area contributed by atoms with Gasteiger partial charge in [-0.2, -0.15) is 0 Å². The van der Waals surface area contributed by atoms with E-state index in [9.17, 15) is 4.79 Å². The quantitative estimate of drug-likeness (QED) is 0.300. The number of hydrogen-bond donors (Lipinski definition) is 1. The number of thioether (sulfide) groups is 1. The highest BCUT2D eigenvalue weighted by Gasteiger charge is 2.20. The molecule has 0 saturated heterocycles. The van der Waals surface area contributed by atoms with Gasteiger partial charge in [-0.05, 0) is 37.3 Å². The predicted molar refractivity (Wildman–Crippen MR) is 130 cm³/mol. The first-order valence-electron chi connectivity index (χ1n) is 10.1. The molecule has 0 radical (unpaired) electrons. The van der Waals surface area contributed by atoms with E-state index in [0.29, 0.717) is 45.5 Å². The maximum Gasteiger partial charge on any atom is 0.234 e. The van der Waals surface area contributed by atoms with Gasteiger partial charge >= 0.3 is 0 Å². The SMILES string of the molecule is C=CCn1c(SCC(=O)Nc2cc(Cl)ccc2OC)nnc1C(C)Oc1cccc(OC)c1. The Hall–Kier alpha value is -3.17. The van der Waals surface area contributed by atoms with Gasteiger partial charge in [-0.15, -0.1) is 16.8 Å². The van der Waals surface area contributed by atoms with Crippen molar-refractivity contribution in [1.82, 2.24) is 14.8 Å². The fourth-order valence-corrected chi connectivity index (χ4v) is 3.96. The Morgan fingerprint density at radius 1 is 1.21 bits per heavy atom. The predicted octanol–water partition coefficient (Wildman–Crippen LogP) is 5.01. The third-order valence-corrected chi connectivity index (χ3v) is 5.74. The van der Waals surface area contributed by atoms with Crippen molar-refractivity contribution in [1.29, 1.82) is 0 Å². The van der Waals surface area contributed by atoms with E-state index >= 15 is 0 Å². The van der Waals surface area contributed by atoms with Gasteiger partial charge in [-0.1, -0.05) is 35.5 Å². The third-order valence-electron chi connectivity index (χ3n) is 4.54. The van der Waals surface area contributed by atoms with E-state index in [0.717, 1.165) is 0 Å². The van der Waals surface area contributed by atoms with Crippen molar-refractivity contribution < 1.29 is 19.0 Å². The molecule has 1 heterocycles. The number of rotatable bonds is 11. The van der Waals surface area contributed by atoms with Crippen LogP contribution in [0.4, 0.5) is 5.69 Å². The Labute approximate surface area is 201 Å². The number of benzene rings is 2. The number of hydrogen-bond acceptors (Lipinski definition) is 7. The smallest absolute Gasteiger partial charge is 0.234 e. The normalized spacial score (nSPS) is 11.5. The molecule has 0 fully saturated rings. The van der Waals surface area contributed by atoms with Crippen LogP contribution in [0.15, 0.2) is 60.3 Å². The Morgan fingerprint density at radius 2 is 2.00 bits per heavy atom. The molecule has 1 N–H and O–H groups in total. The highest BCUT2D eigenvalue weighted by atomic mass is 35.5. The van der Waals surface area contributed by atoms with Gasteiger partial charge in [0.25, 0.3) is 0 Å². The second-order valence-corrected chi connectivity index (χ2v) is 8.24. The Balaban J connectivity index is 1.69. The number of halogens is 1. The molecule has 2 aromatic carbocycles. The number of anilines is 1. The largest absolute Gasteiger partial charge is 0.497 e. The molecular weight excluding hydrogens is 464 g/mol. The number of ether oxygens (including phenoxy) is 3. The van der Waals surface area contributed by atoms with Gasteiger partial charge in [-0.3, -0.25) is 9.36 Å². The fraction of sp³-hybridized carbons (Fsp3) is 0.261. The molecule has 0 bridgehead atoms. The zero-order valence-electron chi connectivity index (χ0n) is 18.6. The summed E-state index contributed by atoms with van der Waals surface area (Å²) in [7, 11) is 3.13.